The van der Waals surface area contributed by atoms with Crippen LogP contribution < -0.4 is 15.4 Å². The lowest BCUT2D eigenvalue weighted by Crippen LogP contribution is -2.26. The molecular weight excluding hydrogens is 346 g/mol. The standard InChI is InChI=1S/C20H23N3O4/c1-14-4-9-18(15(2)10-14)23-19(24)12-22-27-13-20(25)21-11-16-5-7-17(26-3)8-6-16/h4-10,12H,11,13H2,1-3H3,(H,21,25)(H,23,24)/b22-12-. The topological polar surface area (TPSA) is 89.0 Å². The molecule has 2 aromatic carbocycles. The fourth-order valence-electron chi connectivity index (χ4n) is 2.29. The molecule has 0 radical (unpaired) electrons. The van der Waals surface area contributed by atoms with Crippen molar-refractivity contribution in [2.75, 3.05) is 19.0 Å². The molecule has 0 atom stereocenters. The molecule has 0 saturated heterocycles. The number of hydrogen-bond acceptors (Lipinski definition) is 5. The van der Waals surface area contributed by atoms with Gasteiger partial charge < -0.3 is 20.2 Å². The Morgan fingerprint density at radius 3 is 2.52 bits per heavy atom. The molecule has 2 aromatic rings. The summed E-state index contributed by atoms with van der Waals surface area (Å²) in [5, 5.41) is 8.92. The van der Waals surface area contributed by atoms with Gasteiger partial charge in [-0.05, 0) is 43.2 Å². The highest BCUT2D eigenvalue weighted by molar-refractivity contribution is 6.31. The Kier molecular flexibility index (Phi) is 7.37. The minimum absolute atomic E-state index is 0.274. The van der Waals surface area contributed by atoms with Crippen LogP contribution in [0.25, 0.3) is 0 Å². The molecular formula is C20H23N3O4. The zero-order valence-corrected chi connectivity index (χ0v) is 15.6. The third kappa shape index (κ3) is 6.81. The first kappa shape index (κ1) is 20.0. The summed E-state index contributed by atoms with van der Waals surface area (Å²) in [6, 6.07) is 13.0. The largest absolute Gasteiger partial charge is 0.497 e. The first-order chi connectivity index (χ1) is 13.0. The van der Waals surface area contributed by atoms with Crippen molar-refractivity contribution in [1.29, 1.82) is 0 Å². The van der Waals surface area contributed by atoms with Crippen molar-refractivity contribution < 1.29 is 19.2 Å². The second kappa shape index (κ2) is 9.96. The second-order valence-electron chi connectivity index (χ2n) is 5.94. The number of ether oxygens (including phenoxy) is 1. The maximum absolute atomic E-state index is 11.8. The summed E-state index contributed by atoms with van der Waals surface area (Å²) in [4.78, 5) is 28.4. The summed E-state index contributed by atoms with van der Waals surface area (Å²) in [7, 11) is 1.59. The smallest absolute Gasteiger partial charge is 0.270 e. The number of anilines is 1. The number of carbonyl (C=O) groups excluding carboxylic acids is 2. The third-order valence-electron chi connectivity index (χ3n) is 3.73. The monoisotopic (exact) mass is 369 g/mol. The molecule has 0 heterocycles. The molecule has 0 spiro atoms. The summed E-state index contributed by atoms with van der Waals surface area (Å²) < 4.78 is 5.07. The van der Waals surface area contributed by atoms with Crippen molar-refractivity contribution in [2.24, 2.45) is 5.16 Å². The van der Waals surface area contributed by atoms with E-state index in [9.17, 15) is 9.59 Å². The maximum Gasteiger partial charge on any atom is 0.270 e. The first-order valence-corrected chi connectivity index (χ1v) is 8.41. The Labute approximate surface area is 158 Å². The fourth-order valence-corrected chi connectivity index (χ4v) is 2.29. The lowest BCUT2D eigenvalue weighted by Gasteiger charge is -2.07. The minimum atomic E-state index is -0.430. The summed E-state index contributed by atoms with van der Waals surface area (Å²) >= 11 is 0. The third-order valence-corrected chi connectivity index (χ3v) is 3.73. The van der Waals surface area contributed by atoms with Crippen LogP contribution in [-0.2, 0) is 21.0 Å². The normalized spacial score (nSPS) is 10.5. The molecule has 0 saturated carbocycles. The molecule has 7 nitrogen and oxygen atoms in total. The lowest BCUT2D eigenvalue weighted by molar-refractivity contribution is -0.126. The van der Waals surface area contributed by atoms with Gasteiger partial charge in [0.1, 0.15) is 12.0 Å². The van der Waals surface area contributed by atoms with Gasteiger partial charge >= 0.3 is 0 Å². The number of oxime groups is 1. The molecule has 27 heavy (non-hydrogen) atoms. The second-order valence-corrected chi connectivity index (χ2v) is 5.94. The zero-order valence-electron chi connectivity index (χ0n) is 15.6. The van der Waals surface area contributed by atoms with Crippen LogP contribution in [0.5, 0.6) is 5.75 Å². The van der Waals surface area contributed by atoms with Crippen LogP contribution in [-0.4, -0.2) is 31.7 Å². The van der Waals surface area contributed by atoms with Gasteiger partial charge in [0.05, 0.1) is 7.11 Å². The molecule has 0 fully saturated rings. The van der Waals surface area contributed by atoms with E-state index in [1.807, 2.05) is 56.3 Å². The van der Waals surface area contributed by atoms with Gasteiger partial charge in [0.25, 0.3) is 11.8 Å². The Hall–Kier alpha value is -3.35. The van der Waals surface area contributed by atoms with E-state index >= 15 is 0 Å². The molecule has 2 rings (SSSR count). The highest BCUT2D eigenvalue weighted by atomic mass is 16.6. The zero-order chi connectivity index (χ0) is 19.6. The van der Waals surface area contributed by atoms with Crippen LogP contribution >= 0.6 is 0 Å². The number of amides is 2. The molecule has 0 aromatic heterocycles. The first-order valence-electron chi connectivity index (χ1n) is 8.41. The van der Waals surface area contributed by atoms with Crippen molar-refractivity contribution in [1.82, 2.24) is 5.32 Å². The summed E-state index contributed by atoms with van der Waals surface area (Å²) in [6.07, 6.45) is 0.996. The van der Waals surface area contributed by atoms with E-state index in [1.54, 1.807) is 7.11 Å². The van der Waals surface area contributed by atoms with Gasteiger partial charge in [0, 0.05) is 12.2 Å². The number of rotatable bonds is 8. The molecule has 0 aliphatic rings. The fraction of sp³-hybridized carbons (Fsp3) is 0.250. The maximum atomic E-state index is 11.8. The summed E-state index contributed by atoms with van der Waals surface area (Å²) in [5.74, 6) is -0.0137. The van der Waals surface area contributed by atoms with Gasteiger partial charge in [-0.15, -0.1) is 0 Å². The van der Waals surface area contributed by atoms with Crippen molar-refractivity contribution in [2.45, 2.75) is 20.4 Å². The summed E-state index contributed by atoms with van der Waals surface area (Å²) in [5.41, 5.74) is 3.70. The predicted octanol–water partition coefficient (Wildman–Crippen LogP) is 2.57. The molecule has 7 heteroatoms. The number of nitrogens with zero attached hydrogens (tertiary/aromatic N) is 1. The minimum Gasteiger partial charge on any atom is -0.497 e. The van der Waals surface area contributed by atoms with E-state index in [0.717, 1.165) is 28.7 Å². The number of carbonyl (C=O) groups is 2. The van der Waals surface area contributed by atoms with Gasteiger partial charge in [0.2, 0.25) is 0 Å². The molecule has 142 valence electrons. The van der Waals surface area contributed by atoms with Crippen molar-refractivity contribution in [3.8, 4) is 5.75 Å². The Balaban J connectivity index is 1.69. The molecule has 0 bridgehead atoms. The van der Waals surface area contributed by atoms with E-state index in [4.69, 9.17) is 9.57 Å². The highest BCUT2D eigenvalue weighted by Gasteiger charge is 2.04. The highest BCUT2D eigenvalue weighted by Crippen LogP contribution is 2.15. The van der Waals surface area contributed by atoms with E-state index < -0.39 is 5.91 Å². The van der Waals surface area contributed by atoms with Crippen LogP contribution in [0.4, 0.5) is 5.69 Å². The number of nitrogens with one attached hydrogen (secondary N) is 2. The summed E-state index contributed by atoms with van der Waals surface area (Å²) in [6.45, 7) is 3.98. The van der Waals surface area contributed by atoms with Crippen LogP contribution in [0, 0.1) is 13.8 Å². The van der Waals surface area contributed by atoms with E-state index in [2.05, 4.69) is 15.8 Å². The molecule has 2 amide bonds. The Morgan fingerprint density at radius 1 is 1.11 bits per heavy atom. The molecule has 0 aliphatic heterocycles. The van der Waals surface area contributed by atoms with Crippen LogP contribution in [0.15, 0.2) is 47.6 Å². The van der Waals surface area contributed by atoms with Gasteiger partial charge in [-0.25, -0.2) is 0 Å². The predicted molar refractivity (Wildman–Crippen MR) is 104 cm³/mol. The van der Waals surface area contributed by atoms with Crippen molar-refractivity contribution >= 4 is 23.7 Å². The van der Waals surface area contributed by atoms with Crippen molar-refractivity contribution in [3.05, 3.63) is 59.2 Å². The van der Waals surface area contributed by atoms with Gasteiger partial charge in [0.15, 0.2) is 6.61 Å². The van der Waals surface area contributed by atoms with Crippen LogP contribution in [0.3, 0.4) is 0 Å². The average molecular weight is 369 g/mol. The van der Waals surface area contributed by atoms with E-state index in [-0.39, 0.29) is 12.5 Å². The number of aryl methyl sites for hydroxylation is 2. The van der Waals surface area contributed by atoms with Crippen molar-refractivity contribution in [3.63, 3.8) is 0 Å². The van der Waals surface area contributed by atoms with E-state index in [0.29, 0.717) is 12.2 Å². The van der Waals surface area contributed by atoms with Gasteiger partial charge in [-0.2, -0.15) is 0 Å². The molecule has 0 unspecified atom stereocenters. The van der Waals surface area contributed by atoms with Crippen LogP contribution in [0.2, 0.25) is 0 Å². The SMILES string of the molecule is COc1ccc(CNC(=O)CO/N=C\C(=O)Nc2ccc(C)cc2C)cc1. The quantitative estimate of drug-likeness (QED) is 0.553. The molecule has 0 aliphatic carbocycles. The Bertz CT molecular complexity index is 816. The van der Waals surface area contributed by atoms with Crippen LogP contribution in [0.1, 0.15) is 16.7 Å². The van der Waals surface area contributed by atoms with E-state index in [1.165, 1.54) is 0 Å². The van der Waals surface area contributed by atoms with Gasteiger partial charge in [-0.3, -0.25) is 9.59 Å². The molecule has 2 N–H and O–H groups in total. The number of benzene rings is 2. The van der Waals surface area contributed by atoms with Gasteiger partial charge in [-0.1, -0.05) is 35.0 Å². The Morgan fingerprint density at radius 2 is 1.85 bits per heavy atom. The number of hydrogen-bond donors (Lipinski definition) is 2. The average Bonchev–Trinajstić information content (AvgIpc) is 2.66. The number of methoxy groups -OCH3 is 1. The lowest BCUT2D eigenvalue weighted by atomic mass is 10.1.